The Balaban J connectivity index is 1.48. The highest BCUT2D eigenvalue weighted by atomic mass is 32.1. The van der Waals surface area contributed by atoms with E-state index in [0.29, 0.717) is 17.7 Å². The number of carbonyl (C=O) groups excluding carboxylic acids is 2. The Kier molecular flexibility index (Phi) is 6.43. The van der Waals surface area contributed by atoms with Crippen LogP contribution in [0, 0.1) is 5.82 Å². The summed E-state index contributed by atoms with van der Waals surface area (Å²) in [6.07, 6.45) is -0.0781. The molecule has 12 heteroatoms. The molecule has 0 radical (unpaired) electrons. The average Bonchev–Trinajstić information content (AvgIpc) is 3.45. The third-order valence-corrected chi connectivity index (χ3v) is 8.69. The molecule has 7 rings (SSSR count). The summed E-state index contributed by atoms with van der Waals surface area (Å²) in [6, 6.07) is 15.5. The maximum Gasteiger partial charge on any atom is 0.510 e. The Morgan fingerprint density at radius 1 is 1.07 bits per heavy atom. The number of nitrogens with zero attached hydrogens (tertiary/aromatic N) is 3. The molecule has 1 fully saturated rings. The Bertz CT molecular complexity index is 1790. The lowest BCUT2D eigenvalue weighted by atomic mass is 9.92. The zero-order valence-electron chi connectivity index (χ0n) is 22.3. The zero-order valence-corrected chi connectivity index (χ0v) is 23.1. The van der Waals surface area contributed by atoms with Gasteiger partial charge in [-0.05, 0) is 34.2 Å². The van der Waals surface area contributed by atoms with E-state index >= 15 is 4.39 Å². The van der Waals surface area contributed by atoms with Crippen molar-refractivity contribution in [3.63, 3.8) is 0 Å². The number of carbonyl (C=O) groups is 2. The number of amides is 1. The molecule has 0 spiro atoms. The molecular formula is C30H24FN3O7S. The SMILES string of the molecule is COC(=O)OCOc1c2n(ccc1=O)N([C@@H]1c3ccccc3-c3sccc3-c3c(F)cccc31)C1COCCN1C2=O. The van der Waals surface area contributed by atoms with Gasteiger partial charge in [0.1, 0.15) is 12.0 Å². The number of ether oxygens (including phenoxy) is 4. The lowest BCUT2D eigenvalue weighted by Gasteiger charge is -2.51. The van der Waals surface area contributed by atoms with Crippen molar-refractivity contribution in [2.75, 3.05) is 38.7 Å². The second-order valence-corrected chi connectivity index (χ2v) is 10.8. The first kappa shape index (κ1) is 26.2. The first-order valence-corrected chi connectivity index (χ1v) is 14.1. The largest absolute Gasteiger partial charge is 0.510 e. The summed E-state index contributed by atoms with van der Waals surface area (Å²) in [6.45, 7) is 0.112. The minimum atomic E-state index is -0.998. The van der Waals surface area contributed by atoms with E-state index in [1.165, 1.54) is 29.7 Å². The Morgan fingerprint density at radius 3 is 2.76 bits per heavy atom. The highest BCUT2D eigenvalue weighted by Crippen LogP contribution is 2.50. The number of hydrogen-bond donors (Lipinski definition) is 0. The summed E-state index contributed by atoms with van der Waals surface area (Å²) in [7, 11) is 1.14. The van der Waals surface area contributed by atoms with Gasteiger partial charge < -0.3 is 23.8 Å². The second kappa shape index (κ2) is 10.3. The maximum absolute atomic E-state index is 15.8. The minimum absolute atomic E-state index is 0.0384. The van der Waals surface area contributed by atoms with Crippen LogP contribution in [0.25, 0.3) is 21.6 Å². The molecule has 1 saturated heterocycles. The van der Waals surface area contributed by atoms with E-state index in [2.05, 4.69) is 4.74 Å². The fourth-order valence-electron chi connectivity index (χ4n) is 6.02. The number of aromatic nitrogens is 1. The zero-order chi connectivity index (χ0) is 29.0. The molecular weight excluding hydrogens is 565 g/mol. The van der Waals surface area contributed by atoms with Gasteiger partial charge in [0.05, 0.1) is 26.4 Å². The molecule has 2 aromatic heterocycles. The number of hydrogen-bond acceptors (Lipinski definition) is 9. The molecule has 10 nitrogen and oxygen atoms in total. The van der Waals surface area contributed by atoms with Crippen LogP contribution in [-0.2, 0) is 14.2 Å². The highest BCUT2D eigenvalue weighted by Gasteiger charge is 2.46. The monoisotopic (exact) mass is 589 g/mol. The van der Waals surface area contributed by atoms with Crippen molar-refractivity contribution < 1.29 is 32.9 Å². The predicted molar refractivity (Wildman–Crippen MR) is 151 cm³/mol. The number of fused-ring (bicyclic) bond motifs is 7. The molecule has 2 aliphatic heterocycles. The fraction of sp³-hybridized carbons (Fsp3) is 0.233. The van der Waals surface area contributed by atoms with Gasteiger partial charge in [0.25, 0.3) is 5.91 Å². The van der Waals surface area contributed by atoms with Crippen LogP contribution < -0.4 is 15.2 Å². The number of benzene rings is 2. The van der Waals surface area contributed by atoms with Crippen LogP contribution in [0.5, 0.6) is 5.75 Å². The lowest BCUT2D eigenvalue weighted by molar-refractivity contribution is -0.0208. The standard InChI is InChI=1S/C30H24FN3O7S/c1-38-30(37)41-16-40-27-22(35)9-11-33-26(27)29(36)32-12-13-39-15-23(32)34(33)25-17-5-2-3-6-18(17)28-20(10-14-42-28)24-19(25)7-4-8-21(24)31/h2-11,14,23,25H,12-13,15-16H2,1H3/t23?,25-/m1/s1. The van der Waals surface area contributed by atoms with E-state index in [1.54, 1.807) is 15.6 Å². The molecule has 2 atom stereocenters. The van der Waals surface area contributed by atoms with Crippen molar-refractivity contribution in [2.24, 2.45) is 0 Å². The van der Waals surface area contributed by atoms with Gasteiger partial charge in [0, 0.05) is 34.8 Å². The number of morpholine rings is 1. The molecule has 4 aromatic rings. The van der Waals surface area contributed by atoms with Crippen molar-refractivity contribution in [1.82, 2.24) is 9.58 Å². The van der Waals surface area contributed by atoms with E-state index in [4.69, 9.17) is 14.2 Å². The van der Waals surface area contributed by atoms with E-state index in [0.717, 1.165) is 28.7 Å². The van der Waals surface area contributed by atoms with Gasteiger partial charge in [-0.3, -0.25) is 19.3 Å². The minimum Gasteiger partial charge on any atom is -0.451 e. The molecule has 214 valence electrons. The molecule has 1 aliphatic carbocycles. The van der Waals surface area contributed by atoms with E-state index in [1.807, 2.05) is 46.8 Å². The van der Waals surface area contributed by atoms with Crippen LogP contribution in [0.15, 0.2) is 71.0 Å². The van der Waals surface area contributed by atoms with Crippen molar-refractivity contribution in [3.05, 3.63) is 99.0 Å². The summed E-state index contributed by atoms with van der Waals surface area (Å²) < 4.78 is 38.2. The third kappa shape index (κ3) is 3.97. The number of methoxy groups -OCH3 is 1. The van der Waals surface area contributed by atoms with Crippen molar-refractivity contribution >= 4 is 23.4 Å². The fourth-order valence-corrected chi connectivity index (χ4v) is 6.97. The van der Waals surface area contributed by atoms with Gasteiger partial charge in [-0.2, -0.15) is 0 Å². The van der Waals surface area contributed by atoms with Crippen LogP contribution in [0.1, 0.15) is 27.7 Å². The number of rotatable bonds is 4. The molecule has 1 amide bonds. The molecule has 3 aliphatic rings. The Morgan fingerprint density at radius 2 is 1.90 bits per heavy atom. The predicted octanol–water partition coefficient (Wildman–Crippen LogP) is 4.36. The number of pyridine rings is 1. The molecule has 0 N–H and O–H groups in total. The summed E-state index contributed by atoms with van der Waals surface area (Å²) in [5.41, 5.74) is 3.19. The second-order valence-electron chi connectivity index (χ2n) is 9.85. The van der Waals surface area contributed by atoms with Gasteiger partial charge in [-0.15, -0.1) is 11.3 Å². The van der Waals surface area contributed by atoms with Crippen LogP contribution in [0.4, 0.5) is 9.18 Å². The highest BCUT2D eigenvalue weighted by molar-refractivity contribution is 7.14. The van der Waals surface area contributed by atoms with Crippen LogP contribution in [-0.4, -0.2) is 61.5 Å². The van der Waals surface area contributed by atoms with Gasteiger partial charge in [0.2, 0.25) is 18.0 Å². The molecule has 42 heavy (non-hydrogen) atoms. The molecule has 4 heterocycles. The van der Waals surface area contributed by atoms with Crippen molar-refractivity contribution in [2.45, 2.75) is 12.2 Å². The maximum atomic E-state index is 15.8. The topological polar surface area (TPSA) is 99.5 Å². The van der Waals surface area contributed by atoms with Gasteiger partial charge in [0.15, 0.2) is 5.69 Å². The quantitative estimate of drug-likeness (QED) is 0.256. The van der Waals surface area contributed by atoms with Crippen LogP contribution in [0.3, 0.4) is 0 Å². The molecule has 2 aromatic carbocycles. The molecule has 0 saturated carbocycles. The number of halogens is 1. The Labute approximate surface area is 243 Å². The third-order valence-electron chi connectivity index (χ3n) is 7.74. The van der Waals surface area contributed by atoms with Crippen LogP contribution in [0.2, 0.25) is 0 Å². The van der Waals surface area contributed by atoms with E-state index in [9.17, 15) is 14.4 Å². The van der Waals surface area contributed by atoms with Gasteiger partial charge >= 0.3 is 6.16 Å². The first-order chi connectivity index (χ1) is 20.5. The normalized spacial score (nSPS) is 18.6. The summed E-state index contributed by atoms with van der Waals surface area (Å²) >= 11 is 1.53. The van der Waals surface area contributed by atoms with Gasteiger partial charge in [-0.25, -0.2) is 9.18 Å². The molecule has 0 bridgehead atoms. The summed E-state index contributed by atoms with van der Waals surface area (Å²) in [4.78, 5) is 41.1. The first-order valence-electron chi connectivity index (χ1n) is 13.2. The summed E-state index contributed by atoms with van der Waals surface area (Å²) in [5.74, 6) is -1.08. The molecule has 1 unspecified atom stereocenters. The smallest absolute Gasteiger partial charge is 0.451 e. The van der Waals surface area contributed by atoms with Crippen LogP contribution >= 0.6 is 11.3 Å². The lowest BCUT2D eigenvalue weighted by Crippen LogP contribution is -2.66. The van der Waals surface area contributed by atoms with E-state index in [-0.39, 0.29) is 30.4 Å². The van der Waals surface area contributed by atoms with E-state index < -0.39 is 36.5 Å². The van der Waals surface area contributed by atoms with Gasteiger partial charge in [-0.1, -0.05) is 36.4 Å². The van der Waals surface area contributed by atoms with Crippen molar-refractivity contribution in [3.8, 4) is 27.3 Å². The Hall–Kier alpha value is -4.68. The summed E-state index contributed by atoms with van der Waals surface area (Å²) in [5, 5.41) is 3.89. The average molecular weight is 590 g/mol. The van der Waals surface area contributed by atoms with Crippen molar-refractivity contribution in [1.29, 1.82) is 0 Å². The number of thiophene rings is 1.